The van der Waals surface area contributed by atoms with Crippen LogP contribution in [0.1, 0.15) is 23.6 Å². The lowest BCUT2D eigenvalue weighted by Gasteiger charge is -1.93. The minimum Gasteiger partial charge on any atom is -0.463 e. The van der Waals surface area contributed by atoms with Crippen LogP contribution in [0.2, 0.25) is 0 Å². The fourth-order valence-electron chi connectivity index (χ4n) is 1.36. The van der Waals surface area contributed by atoms with E-state index < -0.39 is 0 Å². The number of hydrogen-bond donors (Lipinski definition) is 1. The topological polar surface area (TPSA) is 46.5 Å². The van der Waals surface area contributed by atoms with Crippen molar-refractivity contribution in [2.24, 2.45) is 0 Å². The molecule has 22 heavy (non-hydrogen) atoms. The Morgan fingerprint density at radius 1 is 0.864 bits per heavy atom. The first kappa shape index (κ1) is 19.9. The third kappa shape index (κ3) is 12.9. The molecule has 0 atom stereocenters. The zero-order valence-electron chi connectivity index (χ0n) is 13.9. The molecule has 0 aliphatic carbocycles. The van der Waals surface area contributed by atoms with Gasteiger partial charge in [-0.1, -0.05) is 71.3 Å². The van der Waals surface area contributed by atoms with Crippen LogP contribution in [0.5, 0.6) is 0 Å². The molecule has 3 heteroatoms. The number of aryl methyl sites for hydroxylation is 3. The highest BCUT2D eigenvalue weighted by molar-refractivity contribution is 5.65. The predicted molar refractivity (Wildman–Crippen MR) is 90.8 cm³/mol. The normalized spacial score (nSPS) is 8.77. The third-order valence-corrected chi connectivity index (χ3v) is 2.56. The quantitative estimate of drug-likeness (QED) is 0.857. The summed E-state index contributed by atoms with van der Waals surface area (Å²) in [6, 6.07) is 18.7. The van der Waals surface area contributed by atoms with Crippen LogP contribution in [0.25, 0.3) is 0 Å². The van der Waals surface area contributed by atoms with E-state index in [4.69, 9.17) is 5.11 Å². The summed E-state index contributed by atoms with van der Waals surface area (Å²) in [5.74, 6) is -0.353. The largest absolute Gasteiger partial charge is 0.463 e. The highest BCUT2D eigenvalue weighted by Gasteiger charge is 1.86. The molecular formula is C19H26O3. The van der Waals surface area contributed by atoms with Crippen LogP contribution in [0.4, 0.5) is 0 Å². The maximum absolute atomic E-state index is 9.87. The van der Waals surface area contributed by atoms with Crippen molar-refractivity contribution < 1.29 is 14.6 Å². The van der Waals surface area contributed by atoms with Crippen LogP contribution >= 0.6 is 0 Å². The van der Waals surface area contributed by atoms with Gasteiger partial charge in [-0.05, 0) is 20.8 Å². The van der Waals surface area contributed by atoms with Gasteiger partial charge in [-0.25, -0.2) is 0 Å². The first-order chi connectivity index (χ1) is 10.5. The molecular weight excluding hydrogens is 276 g/mol. The third-order valence-electron chi connectivity index (χ3n) is 2.56. The standard InChI is InChI=1S/C8H10.C7H8.C4H8O3/c1-7-3-5-8(2)6-4-7;1-7-5-3-2-4-6-7;1-4(6)7-3-2-5/h3-6H,1-2H3;2-6H,1H3;5H,2-3H2,1H3. The molecule has 0 heterocycles. The van der Waals surface area contributed by atoms with Gasteiger partial charge in [0, 0.05) is 6.92 Å². The molecule has 0 bridgehead atoms. The molecule has 2 rings (SSSR count). The Labute approximate surface area is 133 Å². The minimum absolute atomic E-state index is 0.0976. The Kier molecular flexibility index (Phi) is 11.4. The molecule has 2 aromatic rings. The zero-order chi connectivity index (χ0) is 16.8. The molecule has 0 saturated carbocycles. The van der Waals surface area contributed by atoms with Gasteiger partial charge in [-0.2, -0.15) is 0 Å². The molecule has 0 aliphatic rings. The smallest absolute Gasteiger partial charge is 0.302 e. The number of esters is 1. The first-order valence-corrected chi connectivity index (χ1v) is 7.25. The van der Waals surface area contributed by atoms with Gasteiger partial charge in [0.05, 0.1) is 6.61 Å². The van der Waals surface area contributed by atoms with Gasteiger partial charge in [0.2, 0.25) is 0 Å². The van der Waals surface area contributed by atoms with Crippen molar-refractivity contribution in [1.82, 2.24) is 0 Å². The maximum Gasteiger partial charge on any atom is 0.302 e. The summed E-state index contributed by atoms with van der Waals surface area (Å²) in [6.45, 7) is 7.59. The highest BCUT2D eigenvalue weighted by Crippen LogP contribution is 1.99. The van der Waals surface area contributed by atoms with Gasteiger partial charge in [0.25, 0.3) is 0 Å². The van der Waals surface area contributed by atoms with Gasteiger partial charge in [-0.3, -0.25) is 4.79 Å². The minimum atomic E-state index is -0.353. The van der Waals surface area contributed by atoms with E-state index in [-0.39, 0.29) is 19.2 Å². The van der Waals surface area contributed by atoms with Gasteiger partial charge in [0.15, 0.2) is 0 Å². The van der Waals surface area contributed by atoms with Crippen LogP contribution in [0.3, 0.4) is 0 Å². The molecule has 0 radical (unpaired) electrons. The summed E-state index contributed by atoms with van der Waals surface area (Å²) < 4.78 is 4.30. The Balaban J connectivity index is 0.000000302. The summed E-state index contributed by atoms with van der Waals surface area (Å²) in [5.41, 5.74) is 3.98. The van der Waals surface area contributed by atoms with Crippen molar-refractivity contribution in [3.8, 4) is 0 Å². The number of ether oxygens (including phenoxy) is 1. The SMILES string of the molecule is CC(=O)OCCO.Cc1ccc(C)cc1.Cc1ccccc1. The second kappa shape index (κ2) is 12.6. The highest BCUT2D eigenvalue weighted by atomic mass is 16.5. The maximum atomic E-state index is 9.87. The number of aliphatic hydroxyl groups excluding tert-OH is 1. The van der Waals surface area contributed by atoms with Gasteiger partial charge < -0.3 is 9.84 Å². The second-order valence-corrected chi connectivity index (χ2v) is 4.87. The van der Waals surface area contributed by atoms with E-state index in [1.807, 2.05) is 18.2 Å². The average molecular weight is 302 g/mol. The van der Waals surface area contributed by atoms with E-state index in [0.29, 0.717) is 0 Å². The van der Waals surface area contributed by atoms with Crippen LogP contribution < -0.4 is 0 Å². The van der Waals surface area contributed by atoms with Gasteiger partial charge in [0.1, 0.15) is 6.61 Å². The summed E-state index contributed by atoms with van der Waals surface area (Å²) in [4.78, 5) is 9.87. The zero-order valence-corrected chi connectivity index (χ0v) is 13.9. The molecule has 0 unspecified atom stereocenters. The number of rotatable bonds is 2. The molecule has 2 aromatic carbocycles. The predicted octanol–water partition coefficient (Wildman–Crippen LogP) is 3.84. The van der Waals surface area contributed by atoms with Crippen LogP contribution in [-0.2, 0) is 9.53 Å². The van der Waals surface area contributed by atoms with E-state index >= 15 is 0 Å². The molecule has 0 saturated heterocycles. The fraction of sp³-hybridized carbons (Fsp3) is 0.316. The van der Waals surface area contributed by atoms with Crippen molar-refractivity contribution in [2.75, 3.05) is 13.2 Å². The Hall–Kier alpha value is -2.13. The van der Waals surface area contributed by atoms with Crippen molar-refractivity contribution in [3.63, 3.8) is 0 Å². The van der Waals surface area contributed by atoms with Crippen molar-refractivity contribution in [3.05, 3.63) is 71.3 Å². The molecule has 3 nitrogen and oxygen atoms in total. The van der Waals surface area contributed by atoms with Gasteiger partial charge in [-0.15, -0.1) is 0 Å². The Morgan fingerprint density at radius 2 is 1.27 bits per heavy atom. The fourth-order valence-corrected chi connectivity index (χ4v) is 1.36. The van der Waals surface area contributed by atoms with E-state index in [1.165, 1.54) is 23.6 Å². The van der Waals surface area contributed by atoms with E-state index in [9.17, 15) is 4.79 Å². The van der Waals surface area contributed by atoms with Gasteiger partial charge >= 0.3 is 5.97 Å². The van der Waals surface area contributed by atoms with Crippen molar-refractivity contribution >= 4 is 5.97 Å². The molecule has 0 spiro atoms. The lowest BCUT2D eigenvalue weighted by molar-refractivity contribution is -0.141. The lowest BCUT2D eigenvalue weighted by Crippen LogP contribution is -2.03. The van der Waals surface area contributed by atoms with Crippen molar-refractivity contribution in [2.45, 2.75) is 27.7 Å². The molecule has 0 aliphatic heterocycles. The molecule has 0 aromatic heterocycles. The Morgan fingerprint density at radius 3 is 1.50 bits per heavy atom. The number of hydrogen-bond acceptors (Lipinski definition) is 3. The van der Waals surface area contributed by atoms with Crippen LogP contribution in [-0.4, -0.2) is 24.3 Å². The first-order valence-electron chi connectivity index (χ1n) is 7.25. The number of benzene rings is 2. The summed E-state index contributed by atoms with van der Waals surface area (Å²) in [5, 5.41) is 8.04. The summed E-state index contributed by atoms with van der Waals surface area (Å²) in [6.07, 6.45) is 0. The molecule has 0 fully saturated rings. The number of carbonyl (C=O) groups is 1. The van der Waals surface area contributed by atoms with Crippen LogP contribution in [0.15, 0.2) is 54.6 Å². The van der Waals surface area contributed by atoms with E-state index in [2.05, 4.69) is 61.9 Å². The molecule has 1 N–H and O–H groups in total. The average Bonchev–Trinajstić information content (AvgIpc) is 2.50. The Bertz CT molecular complexity index is 483. The second-order valence-electron chi connectivity index (χ2n) is 4.87. The number of carbonyl (C=O) groups excluding carboxylic acids is 1. The lowest BCUT2D eigenvalue weighted by atomic mass is 10.2. The molecule has 0 amide bonds. The van der Waals surface area contributed by atoms with Crippen LogP contribution in [0, 0.1) is 20.8 Å². The van der Waals surface area contributed by atoms with Crippen molar-refractivity contribution in [1.29, 1.82) is 0 Å². The van der Waals surface area contributed by atoms with E-state index in [0.717, 1.165) is 0 Å². The summed E-state index contributed by atoms with van der Waals surface area (Å²) in [7, 11) is 0. The number of aliphatic hydroxyl groups is 1. The van der Waals surface area contributed by atoms with E-state index in [1.54, 1.807) is 0 Å². The molecule has 120 valence electrons. The monoisotopic (exact) mass is 302 g/mol. The summed E-state index contributed by atoms with van der Waals surface area (Å²) >= 11 is 0.